The monoisotopic (exact) mass is 428 g/mol. The third kappa shape index (κ3) is 3.62. The second kappa shape index (κ2) is 7.79. The average molecular weight is 428 g/mol. The van der Waals surface area contributed by atoms with Gasteiger partial charge in [-0.25, -0.2) is 0 Å². The summed E-state index contributed by atoms with van der Waals surface area (Å²) in [5.74, 6) is 1.57. The van der Waals surface area contributed by atoms with Crippen molar-refractivity contribution in [3.8, 4) is 22.8 Å². The highest BCUT2D eigenvalue weighted by atomic mass is 16.7. The van der Waals surface area contributed by atoms with E-state index < -0.39 is 5.41 Å². The van der Waals surface area contributed by atoms with Crippen molar-refractivity contribution in [1.29, 1.82) is 0 Å². The maximum Gasteiger partial charge on any atom is 0.253 e. The summed E-state index contributed by atoms with van der Waals surface area (Å²) >= 11 is 0. The van der Waals surface area contributed by atoms with Crippen molar-refractivity contribution in [3.63, 3.8) is 0 Å². The number of carbonyl (C=O) groups excluding carboxylic acids is 2. The number of fused-ring (bicyclic) bond motifs is 1. The molecule has 0 spiro atoms. The molecule has 0 radical (unpaired) electrons. The topological polar surface area (TPSA) is 68.7 Å². The predicted octanol–water partition coefficient (Wildman–Crippen LogP) is 4.02. The van der Waals surface area contributed by atoms with E-state index in [4.69, 9.17) is 14.5 Å². The van der Waals surface area contributed by atoms with Crippen LogP contribution in [0.25, 0.3) is 11.3 Å². The molecule has 1 amide bonds. The molecule has 162 valence electrons. The summed E-state index contributed by atoms with van der Waals surface area (Å²) in [4.78, 5) is 31.7. The van der Waals surface area contributed by atoms with Crippen LogP contribution in [0.2, 0.25) is 0 Å². The summed E-state index contributed by atoms with van der Waals surface area (Å²) < 4.78 is 10.9. The second-order valence-corrected chi connectivity index (χ2v) is 8.54. The van der Waals surface area contributed by atoms with E-state index in [-0.39, 0.29) is 24.9 Å². The zero-order valence-corrected chi connectivity index (χ0v) is 18.1. The largest absolute Gasteiger partial charge is 0.454 e. The minimum Gasteiger partial charge on any atom is -0.454 e. The van der Waals surface area contributed by atoms with Gasteiger partial charge in [0, 0.05) is 37.3 Å². The van der Waals surface area contributed by atoms with Gasteiger partial charge in [0.1, 0.15) is 5.78 Å². The van der Waals surface area contributed by atoms with Gasteiger partial charge in [0.15, 0.2) is 11.5 Å². The first-order valence-corrected chi connectivity index (χ1v) is 10.7. The van der Waals surface area contributed by atoms with Gasteiger partial charge in [0.05, 0.1) is 11.1 Å². The van der Waals surface area contributed by atoms with Crippen LogP contribution in [0.4, 0.5) is 0 Å². The van der Waals surface area contributed by atoms with E-state index in [1.54, 1.807) is 31.1 Å². The Hall–Kier alpha value is -3.67. The molecule has 1 aliphatic heterocycles. The number of carbonyl (C=O) groups is 2. The molecule has 0 atom stereocenters. The standard InChI is InChI=1S/C26H24N2O4/c1-28(2)25(30)18-8-6-17(7-9-18)21-5-3-4-20(27-21)15-24(29)26(12-13-26)19-10-11-22-23(14-19)32-16-31-22/h3-11,14H,12-13,15-16H2,1-2H3. The Morgan fingerprint density at radius 2 is 1.72 bits per heavy atom. The normalized spacial score (nSPS) is 15.3. The van der Waals surface area contributed by atoms with E-state index in [1.165, 1.54) is 0 Å². The quantitative estimate of drug-likeness (QED) is 0.593. The van der Waals surface area contributed by atoms with Gasteiger partial charge in [-0.3, -0.25) is 14.6 Å². The van der Waals surface area contributed by atoms with Crippen LogP contribution >= 0.6 is 0 Å². The average Bonchev–Trinajstić information content (AvgIpc) is 3.49. The van der Waals surface area contributed by atoms with Gasteiger partial charge in [-0.1, -0.05) is 24.3 Å². The van der Waals surface area contributed by atoms with Gasteiger partial charge in [-0.2, -0.15) is 0 Å². The Morgan fingerprint density at radius 3 is 2.44 bits per heavy atom. The van der Waals surface area contributed by atoms with Crippen LogP contribution in [-0.4, -0.2) is 42.5 Å². The maximum atomic E-state index is 13.3. The van der Waals surface area contributed by atoms with E-state index in [0.29, 0.717) is 11.3 Å². The lowest BCUT2D eigenvalue weighted by atomic mass is 9.88. The molecule has 6 nitrogen and oxygen atoms in total. The van der Waals surface area contributed by atoms with Crippen molar-refractivity contribution in [2.45, 2.75) is 24.7 Å². The highest BCUT2D eigenvalue weighted by Gasteiger charge is 2.50. The first-order chi connectivity index (χ1) is 15.5. The summed E-state index contributed by atoms with van der Waals surface area (Å²) in [5, 5.41) is 0. The van der Waals surface area contributed by atoms with Gasteiger partial charge in [-0.15, -0.1) is 0 Å². The first-order valence-electron chi connectivity index (χ1n) is 10.7. The van der Waals surface area contributed by atoms with Gasteiger partial charge in [-0.05, 0) is 54.8 Å². The summed E-state index contributed by atoms with van der Waals surface area (Å²) in [7, 11) is 3.46. The molecule has 2 aliphatic rings. The molecular weight excluding hydrogens is 404 g/mol. The molecule has 0 N–H and O–H groups in total. The molecule has 0 bridgehead atoms. The zero-order chi connectivity index (χ0) is 22.3. The second-order valence-electron chi connectivity index (χ2n) is 8.54. The van der Waals surface area contributed by atoms with E-state index >= 15 is 0 Å². The van der Waals surface area contributed by atoms with Crippen LogP contribution in [0.3, 0.4) is 0 Å². The lowest BCUT2D eigenvalue weighted by Crippen LogP contribution is -2.23. The predicted molar refractivity (Wildman–Crippen MR) is 120 cm³/mol. The van der Waals surface area contributed by atoms with Gasteiger partial charge in [0.25, 0.3) is 5.91 Å². The molecule has 2 heterocycles. The van der Waals surface area contributed by atoms with Crippen molar-refractivity contribution in [3.05, 3.63) is 77.5 Å². The number of nitrogens with zero attached hydrogens (tertiary/aromatic N) is 2. The van der Waals surface area contributed by atoms with Crippen LogP contribution < -0.4 is 9.47 Å². The minimum atomic E-state index is -0.452. The molecule has 1 saturated carbocycles. The van der Waals surface area contributed by atoms with Crippen LogP contribution in [0.1, 0.15) is 34.5 Å². The smallest absolute Gasteiger partial charge is 0.253 e. The molecule has 2 aromatic carbocycles. The molecule has 0 unspecified atom stereocenters. The van der Waals surface area contributed by atoms with E-state index in [1.807, 2.05) is 48.5 Å². The fourth-order valence-electron chi connectivity index (χ4n) is 4.16. The molecule has 1 aliphatic carbocycles. The third-order valence-electron chi connectivity index (χ3n) is 6.19. The van der Waals surface area contributed by atoms with E-state index in [2.05, 4.69) is 0 Å². The van der Waals surface area contributed by atoms with Crippen molar-refractivity contribution in [1.82, 2.24) is 9.88 Å². The van der Waals surface area contributed by atoms with Gasteiger partial charge in [0.2, 0.25) is 6.79 Å². The lowest BCUT2D eigenvalue weighted by Gasteiger charge is -2.15. The summed E-state index contributed by atoms with van der Waals surface area (Å²) in [6.45, 7) is 0.223. The van der Waals surface area contributed by atoms with Crippen LogP contribution in [0.15, 0.2) is 60.7 Å². The zero-order valence-electron chi connectivity index (χ0n) is 18.1. The molecule has 5 rings (SSSR count). The van der Waals surface area contributed by atoms with Crippen molar-refractivity contribution in [2.24, 2.45) is 0 Å². The Morgan fingerprint density at radius 1 is 0.969 bits per heavy atom. The molecule has 3 aromatic rings. The molecule has 1 fully saturated rings. The Kier molecular flexibility index (Phi) is 4.93. The minimum absolute atomic E-state index is 0.0397. The van der Waals surface area contributed by atoms with Crippen LogP contribution in [0, 0.1) is 0 Å². The first kappa shape index (κ1) is 20.2. The number of amides is 1. The Bertz CT molecular complexity index is 1200. The van der Waals surface area contributed by atoms with Crippen LogP contribution in [0.5, 0.6) is 11.5 Å². The number of ether oxygens (including phenoxy) is 2. The van der Waals surface area contributed by atoms with Crippen molar-refractivity contribution < 1.29 is 19.1 Å². The maximum absolute atomic E-state index is 13.3. The Labute approximate surface area is 186 Å². The number of ketones is 1. The van der Waals surface area contributed by atoms with E-state index in [9.17, 15) is 9.59 Å². The molecular formula is C26H24N2O4. The molecule has 1 aromatic heterocycles. The van der Waals surface area contributed by atoms with Crippen molar-refractivity contribution in [2.75, 3.05) is 20.9 Å². The van der Waals surface area contributed by atoms with E-state index in [0.717, 1.165) is 41.1 Å². The highest BCUT2D eigenvalue weighted by molar-refractivity contribution is 5.95. The Balaban J connectivity index is 1.34. The SMILES string of the molecule is CN(C)C(=O)c1ccc(-c2cccc(CC(=O)C3(c4ccc5c(c4)OCO5)CC3)n2)cc1. The lowest BCUT2D eigenvalue weighted by molar-refractivity contribution is -0.120. The number of benzene rings is 2. The molecule has 32 heavy (non-hydrogen) atoms. The number of rotatable bonds is 6. The fourth-order valence-corrected chi connectivity index (χ4v) is 4.16. The number of aromatic nitrogens is 1. The molecule has 0 saturated heterocycles. The number of hydrogen-bond acceptors (Lipinski definition) is 5. The summed E-state index contributed by atoms with van der Waals surface area (Å²) in [5.41, 5.74) is 3.60. The molecule has 6 heteroatoms. The number of Topliss-reactive ketones (excluding diaryl/α,β-unsaturated/α-hetero) is 1. The summed E-state index contributed by atoms with van der Waals surface area (Å²) in [6.07, 6.45) is 1.96. The van der Waals surface area contributed by atoms with Crippen LogP contribution in [-0.2, 0) is 16.6 Å². The summed E-state index contributed by atoms with van der Waals surface area (Å²) in [6, 6.07) is 18.9. The van der Waals surface area contributed by atoms with Gasteiger partial charge >= 0.3 is 0 Å². The third-order valence-corrected chi connectivity index (χ3v) is 6.19. The number of pyridine rings is 1. The van der Waals surface area contributed by atoms with Gasteiger partial charge < -0.3 is 14.4 Å². The highest BCUT2D eigenvalue weighted by Crippen LogP contribution is 2.51. The van der Waals surface area contributed by atoms with Crippen molar-refractivity contribution >= 4 is 11.7 Å². The number of hydrogen-bond donors (Lipinski definition) is 0. The fraction of sp³-hybridized carbons (Fsp3) is 0.269.